The lowest BCUT2D eigenvalue weighted by Crippen LogP contribution is -2.57. The molecule has 1 aromatic rings. The van der Waals surface area contributed by atoms with E-state index in [1.807, 2.05) is 0 Å². The van der Waals surface area contributed by atoms with Crippen molar-refractivity contribution in [2.75, 3.05) is 13.1 Å². The van der Waals surface area contributed by atoms with Crippen LogP contribution in [-0.2, 0) is 0 Å². The van der Waals surface area contributed by atoms with Crippen molar-refractivity contribution in [1.82, 2.24) is 4.90 Å². The van der Waals surface area contributed by atoms with Gasteiger partial charge in [0, 0.05) is 24.7 Å². The van der Waals surface area contributed by atoms with E-state index in [2.05, 4.69) is 0 Å². The molecule has 1 aromatic carbocycles. The summed E-state index contributed by atoms with van der Waals surface area (Å²) in [5.41, 5.74) is 6.07. The number of nitrogens with two attached hydrogens (primary N) is 1. The maximum atomic E-state index is 12.6. The van der Waals surface area contributed by atoms with E-state index < -0.39 is 0 Å². The minimum Gasteiger partial charge on any atom is -0.335 e. The monoisotopic (exact) mass is 194 g/mol. The van der Waals surface area contributed by atoms with Gasteiger partial charge in [0.1, 0.15) is 5.82 Å². The molecule has 1 saturated heterocycles. The number of nitrogens with zero attached hydrogens (tertiary/aromatic N) is 1. The summed E-state index contributed by atoms with van der Waals surface area (Å²) in [5.74, 6) is -0.409. The van der Waals surface area contributed by atoms with Gasteiger partial charge in [0.25, 0.3) is 5.91 Å². The summed E-state index contributed by atoms with van der Waals surface area (Å²) in [5, 5.41) is 0. The predicted molar refractivity (Wildman–Crippen MR) is 50.3 cm³/mol. The molecule has 1 aliphatic rings. The van der Waals surface area contributed by atoms with Crippen LogP contribution >= 0.6 is 0 Å². The Morgan fingerprint density at radius 1 is 1.36 bits per heavy atom. The van der Waals surface area contributed by atoms with Crippen molar-refractivity contribution in [2.45, 2.75) is 6.04 Å². The molecule has 0 saturated carbocycles. The lowest BCUT2D eigenvalue weighted by molar-refractivity contribution is 0.0608. The zero-order valence-electron chi connectivity index (χ0n) is 7.61. The zero-order valence-corrected chi connectivity index (χ0v) is 7.61. The SMILES string of the molecule is NC1CN(C(=O)c2ccc(F)cc2)C1. The van der Waals surface area contributed by atoms with Gasteiger partial charge in [-0.05, 0) is 24.3 Å². The third kappa shape index (κ3) is 1.61. The summed E-state index contributed by atoms with van der Waals surface area (Å²) in [6.07, 6.45) is 0. The molecule has 3 nitrogen and oxygen atoms in total. The van der Waals surface area contributed by atoms with Crippen LogP contribution in [0.25, 0.3) is 0 Å². The molecule has 0 unspecified atom stereocenters. The van der Waals surface area contributed by atoms with Crippen LogP contribution in [0.5, 0.6) is 0 Å². The molecule has 1 aliphatic heterocycles. The van der Waals surface area contributed by atoms with Gasteiger partial charge < -0.3 is 10.6 Å². The number of likely N-dealkylation sites (tertiary alicyclic amines) is 1. The molecule has 14 heavy (non-hydrogen) atoms. The smallest absolute Gasteiger partial charge is 0.253 e. The topological polar surface area (TPSA) is 46.3 Å². The van der Waals surface area contributed by atoms with Crippen LogP contribution in [0.3, 0.4) is 0 Å². The normalized spacial score (nSPS) is 16.6. The quantitative estimate of drug-likeness (QED) is 0.712. The van der Waals surface area contributed by atoms with Gasteiger partial charge in [-0.2, -0.15) is 0 Å². The minimum atomic E-state index is -0.332. The van der Waals surface area contributed by atoms with E-state index in [1.54, 1.807) is 4.90 Å². The number of carbonyl (C=O) groups excluding carboxylic acids is 1. The molecule has 2 N–H and O–H groups in total. The third-order valence-electron chi connectivity index (χ3n) is 2.29. The van der Waals surface area contributed by atoms with Crippen LogP contribution in [0.4, 0.5) is 4.39 Å². The molecule has 1 heterocycles. The van der Waals surface area contributed by atoms with Gasteiger partial charge in [-0.25, -0.2) is 4.39 Å². The van der Waals surface area contributed by atoms with Crippen LogP contribution in [0.15, 0.2) is 24.3 Å². The van der Waals surface area contributed by atoms with Crippen LogP contribution in [0, 0.1) is 5.82 Å². The Morgan fingerprint density at radius 2 is 1.93 bits per heavy atom. The molecular weight excluding hydrogens is 183 g/mol. The van der Waals surface area contributed by atoms with Crippen LogP contribution in [0.1, 0.15) is 10.4 Å². The van der Waals surface area contributed by atoms with Crippen molar-refractivity contribution in [2.24, 2.45) is 5.73 Å². The van der Waals surface area contributed by atoms with Crippen molar-refractivity contribution in [3.05, 3.63) is 35.6 Å². The number of carbonyl (C=O) groups is 1. The largest absolute Gasteiger partial charge is 0.335 e. The number of hydrogen-bond acceptors (Lipinski definition) is 2. The second kappa shape index (κ2) is 3.38. The van der Waals surface area contributed by atoms with Crippen molar-refractivity contribution in [3.63, 3.8) is 0 Å². The van der Waals surface area contributed by atoms with Gasteiger partial charge in [0.15, 0.2) is 0 Å². The molecule has 0 atom stereocenters. The second-order valence-electron chi connectivity index (χ2n) is 3.48. The fourth-order valence-corrected chi connectivity index (χ4v) is 1.45. The van der Waals surface area contributed by atoms with E-state index in [0.29, 0.717) is 18.7 Å². The molecule has 1 fully saturated rings. The molecule has 74 valence electrons. The molecular formula is C10H11FN2O. The highest BCUT2D eigenvalue weighted by molar-refractivity contribution is 5.94. The highest BCUT2D eigenvalue weighted by atomic mass is 19.1. The number of amides is 1. The molecule has 0 aromatic heterocycles. The van der Waals surface area contributed by atoms with Crippen LogP contribution < -0.4 is 5.73 Å². The fraction of sp³-hybridized carbons (Fsp3) is 0.300. The highest BCUT2D eigenvalue weighted by Crippen LogP contribution is 2.12. The number of halogens is 1. The first-order chi connectivity index (χ1) is 6.66. The lowest BCUT2D eigenvalue weighted by atomic mass is 10.1. The van der Waals surface area contributed by atoms with Crippen LogP contribution in [0.2, 0.25) is 0 Å². The predicted octanol–water partition coefficient (Wildman–Crippen LogP) is 0.609. The average molecular weight is 194 g/mol. The Hall–Kier alpha value is -1.42. The summed E-state index contributed by atoms with van der Waals surface area (Å²) >= 11 is 0. The molecule has 0 radical (unpaired) electrons. The molecule has 1 amide bonds. The van der Waals surface area contributed by atoms with Gasteiger partial charge in [-0.15, -0.1) is 0 Å². The van der Waals surface area contributed by atoms with Crippen LogP contribution in [-0.4, -0.2) is 29.9 Å². The lowest BCUT2D eigenvalue weighted by Gasteiger charge is -2.36. The summed E-state index contributed by atoms with van der Waals surface area (Å²) in [6, 6.07) is 5.64. The van der Waals surface area contributed by atoms with Crippen molar-refractivity contribution in [3.8, 4) is 0 Å². The Kier molecular flexibility index (Phi) is 2.21. The van der Waals surface area contributed by atoms with E-state index in [0.717, 1.165) is 0 Å². The Bertz CT molecular complexity index is 344. The first-order valence-electron chi connectivity index (χ1n) is 4.47. The fourth-order valence-electron chi connectivity index (χ4n) is 1.45. The average Bonchev–Trinajstić information content (AvgIpc) is 2.13. The number of benzene rings is 1. The first kappa shape index (κ1) is 9.15. The van der Waals surface area contributed by atoms with E-state index in [1.165, 1.54) is 24.3 Å². The molecule has 0 bridgehead atoms. The van der Waals surface area contributed by atoms with Gasteiger partial charge in [-0.3, -0.25) is 4.79 Å². The Balaban J connectivity index is 2.08. The third-order valence-corrected chi connectivity index (χ3v) is 2.29. The minimum absolute atomic E-state index is 0.0771. The summed E-state index contributed by atoms with van der Waals surface area (Å²) in [7, 11) is 0. The van der Waals surface area contributed by atoms with Crippen molar-refractivity contribution >= 4 is 5.91 Å². The Morgan fingerprint density at radius 3 is 2.43 bits per heavy atom. The second-order valence-corrected chi connectivity index (χ2v) is 3.48. The maximum absolute atomic E-state index is 12.6. The van der Waals surface area contributed by atoms with E-state index in [4.69, 9.17) is 5.73 Å². The number of rotatable bonds is 1. The van der Waals surface area contributed by atoms with Gasteiger partial charge in [0.05, 0.1) is 0 Å². The van der Waals surface area contributed by atoms with Crippen molar-refractivity contribution < 1.29 is 9.18 Å². The van der Waals surface area contributed by atoms with E-state index in [-0.39, 0.29) is 17.8 Å². The van der Waals surface area contributed by atoms with E-state index in [9.17, 15) is 9.18 Å². The van der Waals surface area contributed by atoms with Gasteiger partial charge >= 0.3 is 0 Å². The first-order valence-corrected chi connectivity index (χ1v) is 4.47. The van der Waals surface area contributed by atoms with Crippen molar-refractivity contribution in [1.29, 1.82) is 0 Å². The molecule has 0 spiro atoms. The van der Waals surface area contributed by atoms with E-state index >= 15 is 0 Å². The molecule has 2 rings (SSSR count). The summed E-state index contributed by atoms with van der Waals surface area (Å²) in [4.78, 5) is 13.3. The molecule has 0 aliphatic carbocycles. The van der Waals surface area contributed by atoms with Gasteiger partial charge in [-0.1, -0.05) is 0 Å². The van der Waals surface area contributed by atoms with Gasteiger partial charge in [0.2, 0.25) is 0 Å². The highest BCUT2D eigenvalue weighted by Gasteiger charge is 2.28. The maximum Gasteiger partial charge on any atom is 0.253 e. The zero-order chi connectivity index (χ0) is 10.1. The summed E-state index contributed by atoms with van der Waals surface area (Å²) < 4.78 is 12.6. The Labute approximate surface area is 81.3 Å². The standard InChI is InChI=1S/C10H11FN2O/c11-8-3-1-7(2-4-8)10(14)13-5-9(12)6-13/h1-4,9H,5-6,12H2. The summed E-state index contributed by atoms with van der Waals surface area (Å²) in [6.45, 7) is 1.19. The number of hydrogen-bond donors (Lipinski definition) is 1. The molecule has 4 heteroatoms.